The molecule has 0 spiro atoms. The van der Waals surface area contributed by atoms with Crippen LogP contribution in [0.5, 0.6) is 0 Å². The van der Waals surface area contributed by atoms with Crippen LogP contribution < -0.4 is 5.32 Å². The summed E-state index contributed by atoms with van der Waals surface area (Å²) in [6.45, 7) is 3.55. The summed E-state index contributed by atoms with van der Waals surface area (Å²) in [7, 11) is 1.23. The molecule has 9 heteroatoms. The fourth-order valence-electron chi connectivity index (χ4n) is 5.43. The highest BCUT2D eigenvalue weighted by Gasteiger charge is 2.48. The van der Waals surface area contributed by atoms with Gasteiger partial charge >= 0.3 is 6.18 Å². The molecule has 0 unspecified atom stereocenters. The molecule has 1 aromatic carbocycles. The number of rotatable bonds is 6. The van der Waals surface area contributed by atoms with E-state index >= 15 is 0 Å². The molecule has 1 aromatic heterocycles. The summed E-state index contributed by atoms with van der Waals surface area (Å²) >= 11 is 0. The lowest BCUT2D eigenvalue weighted by Gasteiger charge is -2.43. The van der Waals surface area contributed by atoms with Gasteiger partial charge in [-0.25, -0.2) is 0 Å². The van der Waals surface area contributed by atoms with Gasteiger partial charge in [0, 0.05) is 12.6 Å². The summed E-state index contributed by atoms with van der Waals surface area (Å²) in [5.74, 6) is -0.885. The number of alkyl halides is 3. The maximum absolute atomic E-state index is 13.7. The molecule has 1 aliphatic carbocycles. The van der Waals surface area contributed by atoms with Crippen LogP contribution in [0.3, 0.4) is 0 Å². The molecule has 1 N–H and O–H groups in total. The number of carbonyl (C=O) groups excluding carboxylic acids is 2. The van der Waals surface area contributed by atoms with Crippen molar-refractivity contribution in [3.05, 3.63) is 52.8 Å². The smallest absolute Gasteiger partial charge is 0.342 e. The fourth-order valence-corrected chi connectivity index (χ4v) is 5.43. The number of benzene rings is 1. The van der Waals surface area contributed by atoms with E-state index in [-0.39, 0.29) is 35.8 Å². The van der Waals surface area contributed by atoms with Crippen LogP contribution in [0.4, 0.5) is 13.2 Å². The number of carbonyl (C=O) groups is 2. The molecular weight excluding hydrogens is 433 g/mol. The number of halogens is 3. The number of piperazine rings is 1. The van der Waals surface area contributed by atoms with E-state index in [9.17, 15) is 22.8 Å². The van der Waals surface area contributed by atoms with E-state index in [4.69, 9.17) is 0 Å². The van der Waals surface area contributed by atoms with E-state index in [1.807, 2.05) is 38.1 Å². The standard InChI is InChI=1S/C24H29F3N4O2/c1-4-14(5-2)20-22(32)29-19(17-10-15-8-6-7-9-16(15)11-17)23(33)31(20)13-18-12-28-30(3)21(18)24(25,26)27/h6-9,12,14,17,19-20H,4-5,10-11,13H2,1-3H3,(H,29,32)/t19-,20-/m1/s1. The number of amides is 2. The molecule has 0 radical (unpaired) electrons. The summed E-state index contributed by atoms with van der Waals surface area (Å²) in [5.41, 5.74) is 1.29. The van der Waals surface area contributed by atoms with Crippen molar-refractivity contribution in [2.24, 2.45) is 18.9 Å². The van der Waals surface area contributed by atoms with Crippen LogP contribution in [0.2, 0.25) is 0 Å². The lowest BCUT2D eigenvalue weighted by Crippen LogP contribution is -2.66. The molecule has 2 heterocycles. The molecule has 0 bridgehead atoms. The van der Waals surface area contributed by atoms with Crippen molar-refractivity contribution in [2.45, 2.75) is 64.3 Å². The van der Waals surface area contributed by atoms with Crippen molar-refractivity contribution >= 4 is 11.8 Å². The number of hydrogen-bond acceptors (Lipinski definition) is 3. The average Bonchev–Trinajstić information content (AvgIpc) is 3.36. The van der Waals surface area contributed by atoms with Crippen molar-refractivity contribution in [3.63, 3.8) is 0 Å². The van der Waals surface area contributed by atoms with Crippen molar-refractivity contribution in [2.75, 3.05) is 0 Å². The largest absolute Gasteiger partial charge is 0.433 e. The summed E-state index contributed by atoms with van der Waals surface area (Å²) in [5, 5.41) is 6.72. The Morgan fingerprint density at radius 1 is 1.12 bits per heavy atom. The van der Waals surface area contributed by atoms with Gasteiger partial charge in [-0.3, -0.25) is 14.3 Å². The van der Waals surface area contributed by atoms with Crippen molar-refractivity contribution in [1.82, 2.24) is 20.0 Å². The van der Waals surface area contributed by atoms with E-state index in [0.717, 1.165) is 22.0 Å². The second-order valence-electron chi connectivity index (χ2n) is 9.05. The molecule has 2 aromatic rings. The first-order valence-electron chi connectivity index (χ1n) is 11.4. The molecule has 0 saturated carbocycles. The quantitative estimate of drug-likeness (QED) is 0.715. The van der Waals surface area contributed by atoms with Gasteiger partial charge in [0.25, 0.3) is 0 Å². The highest BCUT2D eigenvalue weighted by Crippen LogP contribution is 2.36. The first-order chi connectivity index (χ1) is 15.7. The minimum Gasteiger partial charge on any atom is -0.342 e. The number of hydrogen-bond donors (Lipinski definition) is 1. The van der Waals surface area contributed by atoms with Crippen LogP contribution in [0.25, 0.3) is 0 Å². The first kappa shape index (κ1) is 23.3. The van der Waals surface area contributed by atoms with Gasteiger partial charge in [0.05, 0.1) is 12.7 Å². The van der Waals surface area contributed by atoms with E-state index in [0.29, 0.717) is 25.7 Å². The van der Waals surface area contributed by atoms with Gasteiger partial charge in [0.2, 0.25) is 11.8 Å². The third-order valence-corrected chi connectivity index (χ3v) is 7.12. The van der Waals surface area contributed by atoms with Crippen molar-refractivity contribution < 1.29 is 22.8 Å². The molecule has 6 nitrogen and oxygen atoms in total. The molecule has 2 aliphatic rings. The van der Waals surface area contributed by atoms with Crippen LogP contribution in [0.15, 0.2) is 30.5 Å². The Morgan fingerprint density at radius 3 is 2.27 bits per heavy atom. The van der Waals surface area contributed by atoms with Crippen LogP contribution >= 0.6 is 0 Å². The molecular formula is C24H29F3N4O2. The van der Waals surface area contributed by atoms with Gasteiger partial charge < -0.3 is 10.2 Å². The highest BCUT2D eigenvalue weighted by atomic mass is 19.4. The van der Waals surface area contributed by atoms with Crippen LogP contribution in [-0.2, 0) is 42.2 Å². The summed E-state index contributed by atoms with van der Waals surface area (Å²) in [6, 6.07) is 6.34. The maximum Gasteiger partial charge on any atom is 0.433 e. The fraction of sp³-hybridized carbons (Fsp3) is 0.542. The normalized spacial score (nSPS) is 21.6. The predicted octanol–water partition coefficient (Wildman–Crippen LogP) is 3.49. The lowest BCUT2D eigenvalue weighted by molar-refractivity contribution is -0.155. The van der Waals surface area contributed by atoms with Gasteiger partial charge in [-0.05, 0) is 35.8 Å². The highest BCUT2D eigenvalue weighted by molar-refractivity contribution is 5.97. The number of fused-ring (bicyclic) bond motifs is 1. The number of aryl methyl sites for hydroxylation is 1. The van der Waals surface area contributed by atoms with E-state index < -0.39 is 24.0 Å². The second kappa shape index (κ2) is 8.83. The Labute approximate surface area is 191 Å². The molecule has 33 heavy (non-hydrogen) atoms. The van der Waals surface area contributed by atoms with Crippen molar-refractivity contribution in [3.8, 4) is 0 Å². The summed E-state index contributed by atoms with van der Waals surface area (Å²) in [6.07, 6.45) is -0.895. The van der Waals surface area contributed by atoms with Crippen LogP contribution in [0, 0.1) is 11.8 Å². The minimum absolute atomic E-state index is 0.0996. The van der Waals surface area contributed by atoms with Crippen molar-refractivity contribution in [1.29, 1.82) is 0 Å². The SMILES string of the molecule is CCC(CC)[C@@H]1C(=O)N[C@H](C2Cc3ccccc3C2)C(=O)N1Cc1cnn(C)c1C(F)(F)F. The number of aromatic nitrogens is 2. The Morgan fingerprint density at radius 2 is 1.73 bits per heavy atom. The summed E-state index contributed by atoms with van der Waals surface area (Å²) < 4.78 is 41.8. The molecule has 2 amide bonds. The van der Waals surface area contributed by atoms with E-state index in [1.54, 1.807) is 0 Å². The molecule has 1 fully saturated rings. The number of nitrogens with zero attached hydrogens (tertiary/aromatic N) is 3. The monoisotopic (exact) mass is 462 g/mol. The summed E-state index contributed by atoms with van der Waals surface area (Å²) in [4.78, 5) is 28.4. The van der Waals surface area contributed by atoms with Gasteiger partial charge in [-0.2, -0.15) is 18.3 Å². The third kappa shape index (κ3) is 4.25. The Hall–Kier alpha value is -2.84. The molecule has 1 aliphatic heterocycles. The van der Waals surface area contributed by atoms with Gasteiger partial charge in [-0.1, -0.05) is 51.0 Å². The Bertz CT molecular complexity index is 1020. The van der Waals surface area contributed by atoms with Gasteiger partial charge in [0.15, 0.2) is 0 Å². The molecule has 2 atom stereocenters. The molecule has 178 valence electrons. The van der Waals surface area contributed by atoms with E-state index in [1.165, 1.54) is 11.9 Å². The lowest BCUT2D eigenvalue weighted by atomic mass is 9.86. The molecule has 1 saturated heterocycles. The first-order valence-corrected chi connectivity index (χ1v) is 11.4. The van der Waals surface area contributed by atoms with E-state index in [2.05, 4.69) is 10.4 Å². The average molecular weight is 463 g/mol. The zero-order valence-electron chi connectivity index (χ0n) is 19.0. The minimum atomic E-state index is -4.61. The second-order valence-corrected chi connectivity index (χ2v) is 9.05. The zero-order chi connectivity index (χ0) is 23.9. The van der Waals surface area contributed by atoms with Gasteiger partial charge in [-0.15, -0.1) is 0 Å². The van der Waals surface area contributed by atoms with Gasteiger partial charge in [0.1, 0.15) is 17.8 Å². The van der Waals surface area contributed by atoms with Crippen LogP contribution in [0.1, 0.15) is 49.1 Å². The zero-order valence-corrected chi connectivity index (χ0v) is 19.0. The maximum atomic E-state index is 13.7. The topological polar surface area (TPSA) is 67.2 Å². The molecule has 4 rings (SSSR count). The predicted molar refractivity (Wildman–Crippen MR) is 116 cm³/mol. The van der Waals surface area contributed by atoms with Crippen LogP contribution in [-0.4, -0.2) is 38.6 Å². The third-order valence-electron chi connectivity index (χ3n) is 7.12. The Kier molecular flexibility index (Phi) is 6.24. The number of nitrogens with one attached hydrogen (secondary N) is 1. The Balaban J connectivity index is 1.68.